The van der Waals surface area contributed by atoms with Crippen molar-refractivity contribution in [2.75, 3.05) is 0 Å². The van der Waals surface area contributed by atoms with Gasteiger partial charge in [-0.1, -0.05) is 11.6 Å². The maximum absolute atomic E-state index is 10.3. The summed E-state index contributed by atoms with van der Waals surface area (Å²) in [4.78, 5) is 10.3. The lowest BCUT2D eigenvalue weighted by molar-refractivity contribution is 0.142. The lowest BCUT2D eigenvalue weighted by atomic mass is 10.3. The minimum absolute atomic E-state index is 0.0300. The van der Waals surface area contributed by atoms with E-state index in [-0.39, 0.29) is 5.88 Å². The first-order valence-corrected chi connectivity index (χ1v) is 4.75. The number of hydrogen-bond acceptors (Lipinski definition) is 3. The number of hydrogen-bond donors (Lipinski definition) is 1. The second-order valence-electron chi connectivity index (χ2n) is 2.94. The first-order chi connectivity index (χ1) is 7.65. The molecule has 0 atom stereocenters. The van der Waals surface area contributed by atoms with Crippen molar-refractivity contribution in [1.29, 1.82) is 0 Å². The second-order valence-corrected chi connectivity index (χ2v) is 3.38. The van der Waals surface area contributed by atoms with Crippen LogP contribution in [-0.4, -0.2) is 21.0 Å². The minimum atomic E-state index is -1.39. The summed E-state index contributed by atoms with van der Waals surface area (Å²) in [6.45, 7) is 0. The van der Waals surface area contributed by atoms with Crippen molar-refractivity contribution in [3.8, 4) is 11.6 Å². The number of nitrogens with zero attached hydrogens (tertiary/aromatic N) is 2. The number of rotatable bonds is 2. The third-order valence-electron chi connectivity index (χ3n) is 1.85. The van der Waals surface area contributed by atoms with Crippen molar-refractivity contribution in [3.05, 3.63) is 41.6 Å². The van der Waals surface area contributed by atoms with E-state index < -0.39 is 6.16 Å². The Balaban J connectivity index is 2.24. The fourth-order valence-electron chi connectivity index (χ4n) is 1.19. The summed E-state index contributed by atoms with van der Waals surface area (Å²) >= 11 is 5.74. The molecule has 0 aliphatic heterocycles. The topological polar surface area (TPSA) is 64.3 Å². The fraction of sp³-hybridized carbons (Fsp3) is 0. The van der Waals surface area contributed by atoms with E-state index >= 15 is 0 Å². The van der Waals surface area contributed by atoms with Gasteiger partial charge in [0.1, 0.15) is 0 Å². The average molecular weight is 239 g/mol. The van der Waals surface area contributed by atoms with Gasteiger partial charge in [-0.05, 0) is 24.3 Å². The van der Waals surface area contributed by atoms with Gasteiger partial charge in [-0.2, -0.15) is 0 Å². The molecule has 1 N–H and O–H groups in total. The smallest absolute Gasteiger partial charge is 0.449 e. The third-order valence-corrected chi connectivity index (χ3v) is 2.10. The van der Waals surface area contributed by atoms with Gasteiger partial charge in [0.2, 0.25) is 5.88 Å². The number of carboxylic acid groups (broad SMARTS) is 1. The Hall–Kier alpha value is -2.01. The highest BCUT2D eigenvalue weighted by atomic mass is 35.5. The van der Waals surface area contributed by atoms with Crippen molar-refractivity contribution in [3.63, 3.8) is 0 Å². The molecule has 1 aromatic carbocycles. The highest BCUT2D eigenvalue weighted by Gasteiger charge is 2.05. The molecule has 6 heteroatoms. The molecule has 0 saturated heterocycles. The molecular formula is C10H7ClN2O3. The van der Waals surface area contributed by atoms with Crippen LogP contribution in [-0.2, 0) is 0 Å². The Morgan fingerprint density at radius 3 is 2.62 bits per heavy atom. The van der Waals surface area contributed by atoms with Crippen LogP contribution in [0.1, 0.15) is 0 Å². The Bertz CT molecular complexity index is 507. The van der Waals surface area contributed by atoms with Crippen molar-refractivity contribution >= 4 is 17.8 Å². The number of carbonyl (C=O) groups is 1. The zero-order valence-corrected chi connectivity index (χ0v) is 8.76. The van der Waals surface area contributed by atoms with Gasteiger partial charge < -0.3 is 9.84 Å². The summed E-state index contributed by atoms with van der Waals surface area (Å²) in [7, 11) is 0. The van der Waals surface area contributed by atoms with E-state index in [4.69, 9.17) is 16.7 Å². The highest BCUT2D eigenvalue weighted by Crippen LogP contribution is 2.15. The molecule has 2 aromatic rings. The number of aromatic nitrogens is 2. The zero-order chi connectivity index (χ0) is 11.5. The van der Waals surface area contributed by atoms with Crippen molar-refractivity contribution in [2.45, 2.75) is 0 Å². The molecule has 0 aliphatic rings. The summed E-state index contributed by atoms with van der Waals surface area (Å²) < 4.78 is 5.89. The van der Waals surface area contributed by atoms with Crippen LogP contribution in [0.3, 0.4) is 0 Å². The van der Waals surface area contributed by atoms with Gasteiger partial charge in [-0.15, -0.1) is 5.10 Å². The standard InChI is InChI=1S/C10H7ClN2O3/c11-7-1-3-8(4-2-7)13-6-5-9(12-13)16-10(14)15/h1-6H,(H,14,15). The Labute approximate surface area is 95.8 Å². The van der Waals surface area contributed by atoms with Gasteiger partial charge in [-0.3, -0.25) is 0 Å². The van der Waals surface area contributed by atoms with Crippen LogP contribution in [0, 0.1) is 0 Å². The molecule has 0 saturated carbocycles. The van der Waals surface area contributed by atoms with E-state index in [0.717, 1.165) is 5.69 Å². The molecule has 0 spiro atoms. The normalized spacial score (nSPS) is 10.1. The van der Waals surface area contributed by atoms with Crippen molar-refractivity contribution in [2.24, 2.45) is 0 Å². The van der Waals surface area contributed by atoms with Gasteiger partial charge in [0.05, 0.1) is 5.69 Å². The molecule has 82 valence electrons. The summed E-state index contributed by atoms with van der Waals surface area (Å²) in [5, 5.41) is 12.9. The summed E-state index contributed by atoms with van der Waals surface area (Å²) in [5.41, 5.74) is 0.768. The number of halogens is 1. The van der Waals surface area contributed by atoms with Crippen molar-refractivity contribution < 1.29 is 14.6 Å². The third kappa shape index (κ3) is 2.32. The summed E-state index contributed by atoms with van der Waals surface area (Å²) in [6.07, 6.45) is 0.211. The molecule has 1 heterocycles. The van der Waals surface area contributed by atoms with Gasteiger partial charge in [-0.25, -0.2) is 9.48 Å². The SMILES string of the molecule is O=C(O)Oc1ccn(-c2ccc(Cl)cc2)n1. The van der Waals surface area contributed by atoms with Crippen LogP contribution < -0.4 is 4.74 Å². The largest absolute Gasteiger partial charge is 0.512 e. The van der Waals surface area contributed by atoms with E-state index in [1.807, 2.05) is 0 Å². The van der Waals surface area contributed by atoms with Crippen LogP contribution in [0.15, 0.2) is 36.5 Å². The van der Waals surface area contributed by atoms with Gasteiger partial charge in [0.15, 0.2) is 0 Å². The van der Waals surface area contributed by atoms with Gasteiger partial charge in [0.25, 0.3) is 0 Å². The second kappa shape index (κ2) is 4.24. The molecule has 0 fully saturated rings. The van der Waals surface area contributed by atoms with Gasteiger partial charge in [0, 0.05) is 17.3 Å². The Morgan fingerprint density at radius 2 is 2.00 bits per heavy atom. The van der Waals surface area contributed by atoms with Gasteiger partial charge >= 0.3 is 6.16 Å². The van der Waals surface area contributed by atoms with Crippen LogP contribution in [0.25, 0.3) is 5.69 Å². The summed E-state index contributed by atoms with van der Waals surface area (Å²) in [5.74, 6) is 0.0300. The minimum Gasteiger partial charge on any atom is -0.449 e. The van der Waals surface area contributed by atoms with E-state index in [2.05, 4.69) is 9.84 Å². The molecule has 0 unspecified atom stereocenters. The summed E-state index contributed by atoms with van der Waals surface area (Å²) in [6, 6.07) is 8.43. The Kier molecular flexibility index (Phi) is 2.78. The van der Waals surface area contributed by atoms with Crippen LogP contribution in [0.5, 0.6) is 5.88 Å². The molecule has 0 aliphatic carbocycles. The highest BCUT2D eigenvalue weighted by molar-refractivity contribution is 6.30. The van der Waals surface area contributed by atoms with E-state index in [1.165, 1.54) is 10.7 Å². The molecule has 16 heavy (non-hydrogen) atoms. The quantitative estimate of drug-likeness (QED) is 0.817. The molecule has 2 rings (SSSR count). The maximum atomic E-state index is 10.3. The van der Waals surface area contributed by atoms with Crippen LogP contribution in [0.2, 0.25) is 5.02 Å². The number of ether oxygens (including phenoxy) is 1. The van der Waals surface area contributed by atoms with E-state index in [1.54, 1.807) is 30.5 Å². The van der Waals surface area contributed by atoms with E-state index in [0.29, 0.717) is 5.02 Å². The average Bonchev–Trinajstić information content (AvgIpc) is 2.66. The zero-order valence-electron chi connectivity index (χ0n) is 8.00. The molecule has 0 radical (unpaired) electrons. The first kappa shape index (κ1) is 10.5. The van der Waals surface area contributed by atoms with Crippen molar-refractivity contribution in [1.82, 2.24) is 9.78 Å². The lowest BCUT2D eigenvalue weighted by Crippen LogP contribution is -2.04. The van der Waals surface area contributed by atoms with Crippen LogP contribution in [0.4, 0.5) is 4.79 Å². The predicted octanol–water partition coefficient (Wildman–Crippen LogP) is 2.58. The molecule has 1 aromatic heterocycles. The number of benzene rings is 1. The lowest BCUT2D eigenvalue weighted by Gasteiger charge is -2.00. The molecule has 5 nitrogen and oxygen atoms in total. The first-order valence-electron chi connectivity index (χ1n) is 4.37. The maximum Gasteiger partial charge on any atom is 0.512 e. The fourth-order valence-corrected chi connectivity index (χ4v) is 1.31. The molecule has 0 bridgehead atoms. The van der Waals surface area contributed by atoms with Crippen LogP contribution >= 0.6 is 11.6 Å². The Morgan fingerprint density at radius 1 is 1.31 bits per heavy atom. The monoisotopic (exact) mass is 238 g/mol. The van der Waals surface area contributed by atoms with E-state index in [9.17, 15) is 4.79 Å². The predicted molar refractivity (Wildman–Crippen MR) is 57.2 cm³/mol. The molecular weight excluding hydrogens is 232 g/mol. The molecule has 0 amide bonds.